The molecule has 0 amide bonds. The van der Waals surface area contributed by atoms with Crippen LogP contribution >= 0.6 is 11.8 Å². The van der Waals surface area contributed by atoms with Crippen molar-refractivity contribution in [3.05, 3.63) is 0 Å². The predicted octanol–water partition coefficient (Wildman–Crippen LogP) is 3.88. The third kappa shape index (κ3) is 15.3. The van der Waals surface area contributed by atoms with Crippen molar-refractivity contribution in [3.8, 4) is 5.40 Å². The second-order valence-corrected chi connectivity index (χ2v) is 4.99. The van der Waals surface area contributed by atoms with E-state index in [9.17, 15) is 4.79 Å². The number of rotatable bonds is 11. The number of nitrogens with zero attached hydrogens (tertiary/aromatic N) is 1. The number of thiocyanates is 1. The highest BCUT2D eigenvalue weighted by Gasteiger charge is 1.94. The fraction of sp³-hybridized carbons (Fsp3) is 0.846. The molecule has 0 aliphatic rings. The molecule has 0 bridgehead atoms. The summed E-state index contributed by atoms with van der Waals surface area (Å²) in [5, 5.41) is 10.4. The second-order valence-electron chi connectivity index (χ2n) is 4.11. The summed E-state index contributed by atoms with van der Waals surface area (Å²) in [5.74, 6) is 0.791. The number of nitriles is 1. The Kier molecular flexibility index (Phi) is 12.8. The van der Waals surface area contributed by atoms with Gasteiger partial charge in [-0.15, -0.1) is 0 Å². The predicted molar refractivity (Wildman–Crippen MR) is 71.6 cm³/mol. The van der Waals surface area contributed by atoms with Crippen molar-refractivity contribution in [3.63, 3.8) is 0 Å². The summed E-state index contributed by atoms with van der Waals surface area (Å²) in [6, 6.07) is 0. The summed E-state index contributed by atoms with van der Waals surface area (Å²) in [4.78, 5) is 10.5. The normalized spacial score (nSPS) is 9.88. The number of carbonyl (C=O) groups is 1. The number of hydrogen-bond donors (Lipinski definition) is 0. The van der Waals surface area contributed by atoms with E-state index in [1.54, 1.807) is 0 Å². The summed E-state index contributed by atoms with van der Waals surface area (Å²) >= 11 is 1.35. The Labute approximate surface area is 109 Å². The van der Waals surface area contributed by atoms with Crippen molar-refractivity contribution in [2.75, 3.05) is 12.4 Å². The number of carbonyl (C=O) groups excluding carboxylic acids is 1. The molecule has 0 unspecified atom stereocenters. The molecule has 0 saturated heterocycles. The maximum Gasteiger partial charge on any atom is 0.302 e. The van der Waals surface area contributed by atoms with Gasteiger partial charge in [-0.2, -0.15) is 5.26 Å². The molecule has 0 aromatic rings. The quantitative estimate of drug-likeness (QED) is 0.320. The Morgan fingerprint density at radius 1 is 1.06 bits per heavy atom. The smallest absolute Gasteiger partial charge is 0.302 e. The number of hydrogen-bond acceptors (Lipinski definition) is 4. The van der Waals surface area contributed by atoms with E-state index in [2.05, 4.69) is 5.40 Å². The van der Waals surface area contributed by atoms with Crippen molar-refractivity contribution in [2.24, 2.45) is 0 Å². The lowest BCUT2D eigenvalue weighted by atomic mass is 10.1. The van der Waals surface area contributed by atoms with E-state index in [1.807, 2.05) is 0 Å². The van der Waals surface area contributed by atoms with Crippen LogP contribution < -0.4 is 0 Å². The Morgan fingerprint density at radius 2 is 1.59 bits per heavy atom. The fourth-order valence-electron chi connectivity index (χ4n) is 1.60. The molecule has 0 N–H and O–H groups in total. The largest absolute Gasteiger partial charge is 0.466 e. The van der Waals surface area contributed by atoms with Crippen LogP contribution in [0.5, 0.6) is 0 Å². The van der Waals surface area contributed by atoms with Gasteiger partial charge in [0.15, 0.2) is 0 Å². The number of esters is 1. The topological polar surface area (TPSA) is 50.1 Å². The Hall–Kier alpha value is -0.690. The lowest BCUT2D eigenvalue weighted by Gasteiger charge is -2.02. The molecule has 0 fully saturated rings. The van der Waals surface area contributed by atoms with Gasteiger partial charge in [0.25, 0.3) is 0 Å². The van der Waals surface area contributed by atoms with E-state index >= 15 is 0 Å². The van der Waals surface area contributed by atoms with Crippen LogP contribution in [0.2, 0.25) is 0 Å². The van der Waals surface area contributed by atoms with Crippen molar-refractivity contribution in [2.45, 2.75) is 58.3 Å². The van der Waals surface area contributed by atoms with Gasteiger partial charge >= 0.3 is 5.97 Å². The zero-order valence-electron chi connectivity index (χ0n) is 10.7. The molecule has 98 valence electrons. The lowest BCUT2D eigenvalue weighted by Crippen LogP contribution is -2.00. The molecule has 0 rings (SSSR count). The molecule has 0 saturated carbocycles. The molecule has 0 aromatic heterocycles. The molecular formula is C13H23NO2S. The first kappa shape index (κ1) is 16.3. The minimum atomic E-state index is -0.180. The Balaban J connectivity index is 2.94. The van der Waals surface area contributed by atoms with E-state index in [-0.39, 0.29) is 5.97 Å². The third-order valence-electron chi connectivity index (χ3n) is 2.51. The van der Waals surface area contributed by atoms with Crippen LogP contribution in [0, 0.1) is 10.7 Å². The van der Waals surface area contributed by atoms with Crippen LogP contribution in [0.1, 0.15) is 58.3 Å². The monoisotopic (exact) mass is 257 g/mol. The molecule has 0 radical (unpaired) electrons. The molecule has 0 aromatic carbocycles. The van der Waals surface area contributed by atoms with Crippen LogP contribution in [0.15, 0.2) is 0 Å². The van der Waals surface area contributed by atoms with Gasteiger partial charge < -0.3 is 4.74 Å². The highest BCUT2D eigenvalue weighted by molar-refractivity contribution is 8.03. The van der Waals surface area contributed by atoms with E-state index in [4.69, 9.17) is 10.00 Å². The van der Waals surface area contributed by atoms with Gasteiger partial charge in [-0.05, 0) is 24.6 Å². The SMILES string of the molecule is CC(=O)OCCCCCCCCCCSC#N. The van der Waals surface area contributed by atoms with Crippen molar-refractivity contribution in [1.29, 1.82) is 5.26 Å². The summed E-state index contributed by atoms with van der Waals surface area (Å²) in [6.45, 7) is 2.02. The molecule has 0 spiro atoms. The second kappa shape index (κ2) is 13.4. The fourth-order valence-corrected chi connectivity index (χ4v) is 2.04. The molecular weight excluding hydrogens is 234 g/mol. The average molecular weight is 257 g/mol. The number of unbranched alkanes of at least 4 members (excludes halogenated alkanes) is 7. The van der Waals surface area contributed by atoms with Crippen molar-refractivity contribution in [1.82, 2.24) is 0 Å². The summed E-state index contributed by atoms with van der Waals surface area (Å²) in [7, 11) is 0. The maximum atomic E-state index is 10.5. The van der Waals surface area contributed by atoms with Gasteiger partial charge in [0.2, 0.25) is 0 Å². The summed E-state index contributed by atoms with van der Waals surface area (Å²) in [6.07, 6.45) is 9.59. The van der Waals surface area contributed by atoms with E-state index in [0.29, 0.717) is 6.61 Å². The zero-order chi connectivity index (χ0) is 12.8. The van der Waals surface area contributed by atoms with E-state index in [0.717, 1.165) is 25.0 Å². The van der Waals surface area contributed by atoms with Gasteiger partial charge in [-0.25, -0.2) is 0 Å². The molecule has 0 heterocycles. The minimum Gasteiger partial charge on any atom is -0.466 e. The van der Waals surface area contributed by atoms with Gasteiger partial charge in [0.1, 0.15) is 5.40 Å². The number of thioether (sulfide) groups is 1. The molecule has 4 heteroatoms. The number of ether oxygens (including phenoxy) is 1. The molecule has 3 nitrogen and oxygen atoms in total. The molecule has 0 atom stereocenters. The first-order valence-electron chi connectivity index (χ1n) is 6.41. The highest BCUT2D eigenvalue weighted by atomic mass is 32.2. The average Bonchev–Trinajstić information content (AvgIpc) is 2.30. The lowest BCUT2D eigenvalue weighted by molar-refractivity contribution is -0.141. The first-order valence-corrected chi connectivity index (χ1v) is 7.40. The maximum absolute atomic E-state index is 10.5. The molecule has 0 aliphatic carbocycles. The molecule has 0 aliphatic heterocycles. The van der Waals surface area contributed by atoms with Gasteiger partial charge in [0, 0.05) is 12.7 Å². The summed E-state index contributed by atoms with van der Waals surface area (Å²) < 4.78 is 4.86. The van der Waals surface area contributed by atoms with Crippen LogP contribution in [0.4, 0.5) is 0 Å². The van der Waals surface area contributed by atoms with Gasteiger partial charge in [-0.1, -0.05) is 38.5 Å². The molecule has 17 heavy (non-hydrogen) atoms. The standard InChI is InChI=1S/C13H23NO2S/c1-13(15)16-10-8-6-4-2-3-5-7-9-11-17-12-14/h2-11H2,1H3. The minimum absolute atomic E-state index is 0.180. The van der Waals surface area contributed by atoms with E-state index in [1.165, 1.54) is 50.8 Å². The first-order chi connectivity index (χ1) is 8.27. The highest BCUT2D eigenvalue weighted by Crippen LogP contribution is 2.10. The van der Waals surface area contributed by atoms with Crippen molar-refractivity contribution >= 4 is 17.7 Å². The van der Waals surface area contributed by atoms with Crippen LogP contribution in [0.25, 0.3) is 0 Å². The van der Waals surface area contributed by atoms with Crippen LogP contribution in [-0.4, -0.2) is 18.3 Å². The van der Waals surface area contributed by atoms with Gasteiger partial charge in [-0.3, -0.25) is 4.79 Å². The van der Waals surface area contributed by atoms with Crippen LogP contribution in [-0.2, 0) is 9.53 Å². The Bertz CT molecular complexity index is 226. The van der Waals surface area contributed by atoms with Crippen LogP contribution in [0.3, 0.4) is 0 Å². The van der Waals surface area contributed by atoms with Crippen molar-refractivity contribution < 1.29 is 9.53 Å². The summed E-state index contributed by atoms with van der Waals surface area (Å²) in [5.41, 5.74) is 0. The van der Waals surface area contributed by atoms with E-state index < -0.39 is 0 Å². The van der Waals surface area contributed by atoms with Gasteiger partial charge in [0.05, 0.1) is 6.61 Å². The Morgan fingerprint density at radius 3 is 2.12 bits per heavy atom. The third-order valence-corrected chi connectivity index (χ3v) is 3.13. The zero-order valence-corrected chi connectivity index (χ0v) is 11.6.